The van der Waals surface area contributed by atoms with Crippen LogP contribution in [0.15, 0.2) is 0 Å². The molecule has 0 spiro atoms. The molecule has 37 heavy (non-hydrogen) atoms. The number of hydrogen-bond donors (Lipinski definition) is 0. The molecule has 0 radical (unpaired) electrons. The van der Waals surface area contributed by atoms with Gasteiger partial charge in [0.05, 0.1) is 5.92 Å². The number of ether oxygens (including phenoxy) is 2. The first kappa shape index (κ1) is 26.7. The number of amides is 1. The Bertz CT molecular complexity index is 970. The minimum atomic E-state index is -0.574. The zero-order valence-electron chi connectivity index (χ0n) is 23.3. The van der Waals surface area contributed by atoms with Gasteiger partial charge in [-0.05, 0) is 95.3 Å². The first-order valence-electron chi connectivity index (χ1n) is 14.6. The number of fused-ring (bicyclic) bond motifs is 5. The number of esters is 1. The number of carbonyl (C=O) groups is 4. The van der Waals surface area contributed by atoms with Gasteiger partial charge in [-0.2, -0.15) is 0 Å². The Morgan fingerprint density at radius 1 is 1.00 bits per heavy atom. The molecule has 1 amide bonds. The highest BCUT2D eigenvalue weighted by atomic mass is 16.6. The highest BCUT2D eigenvalue weighted by Gasteiger charge is 2.62. The van der Waals surface area contributed by atoms with Crippen molar-refractivity contribution >= 4 is 23.6 Å². The molecule has 7 nitrogen and oxygen atoms in total. The summed E-state index contributed by atoms with van der Waals surface area (Å²) in [5, 5.41) is 0. The average molecular weight is 516 g/mol. The Hall–Kier alpha value is -1.92. The van der Waals surface area contributed by atoms with Crippen molar-refractivity contribution in [3.05, 3.63) is 0 Å². The van der Waals surface area contributed by atoms with Gasteiger partial charge in [0.15, 0.2) is 0 Å². The van der Waals surface area contributed by atoms with Crippen LogP contribution in [0.4, 0.5) is 4.79 Å². The van der Waals surface area contributed by atoms with Gasteiger partial charge in [-0.25, -0.2) is 4.79 Å². The number of likely N-dealkylation sites (tertiary alicyclic amines) is 1. The topological polar surface area (TPSA) is 90.0 Å². The third-order valence-corrected chi connectivity index (χ3v) is 10.8. The van der Waals surface area contributed by atoms with Gasteiger partial charge in [0.25, 0.3) is 0 Å². The molecule has 0 N–H and O–H groups in total. The van der Waals surface area contributed by atoms with E-state index in [0.29, 0.717) is 68.1 Å². The van der Waals surface area contributed by atoms with Crippen LogP contribution >= 0.6 is 0 Å². The number of Topliss-reactive ketones (excluding diaryl/α,β-unsaturated/α-hetero) is 2. The molecule has 5 aliphatic rings. The maximum Gasteiger partial charge on any atom is 0.410 e. The van der Waals surface area contributed by atoms with Crippen LogP contribution < -0.4 is 0 Å². The predicted molar refractivity (Wildman–Crippen MR) is 138 cm³/mol. The van der Waals surface area contributed by atoms with Crippen molar-refractivity contribution in [1.82, 2.24) is 4.90 Å². The summed E-state index contributed by atoms with van der Waals surface area (Å²) >= 11 is 0. The molecule has 7 heteroatoms. The summed E-state index contributed by atoms with van der Waals surface area (Å²) in [7, 11) is 0. The minimum absolute atomic E-state index is 0.0752. The Balaban J connectivity index is 1.21. The fourth-order valence-electron chi connectivity index (χ4n) is 8.81. The van der Waals surface area contributed by atoms with E-state index in [2.05, 4.69) is 13.8 Å². The molecule has 1 aliphatic heterocycles. The van der Waals surface area contributed by atoms with Gasteiger partial charge in [0, 0.05) is 37.3 Å². The van der Waals surface area contributed by atoms with E-state index in [-0.39, 0.29) is 40.8 Å². The second-order valence-corrected chi connectivity index (χ2v) is 14.1. The summed E-state index contributed by atoms with van der Waals surface area (Å²) in [6.07, 6.45) is 7.24. The van der Waals surface area contributed by atoms with Crippen molar-refractivity contribution < 1.29 is 28.7 Å². The number of hydrogen-bond acceptors (Lipinski definition) is 6. The van der Waals surface area contributed by atoms with Gasteiger partial charge in [-0.1, -0.05) is 13.8 Å². The summed E-state index contributed by atoms with van der Waals surface area (Å²) in [6.45, 7) is 10.9. The third-order valence-electron chi connectivity index (χ3n) is 10.8. The molecule has 5 fully saturated rings. The molecule has 4 aliphatic carbocycles. The van der Waals surface area contributed by atoms with Crippen molar-refractivity contribution in [1.29, 1.82) is 0 Å². The maximum atomic E-state index is 13.5. The molecule has 3 unspecified atom stereocenters. The Morgan fingerprint density at radius 2 is 1.76 bits per heavy atom. The van der Waals surface area contributed by atoms with E-state index in [1.165, 1.54) is 0 Å². The van der Waals surface area contributed by atoms with Crippen LogP contribution in [-0.2, 0) is 23.9 Å². The normalized spacial score (nSPS) is 41.9. The predicted octanol–water partition coefficient (Wildman–Crippen LogP) is 5.34. The second kappa shape index (κ2) is 9.37. The quantitative estimate of drug-likeness (QED) is 0.462. The lowest BCUT2D eigenvalue weighted by atomic mass is 9.45. The molecule has 0 aromatic heterocycles. The summed E-state index contributed by atoms with van der Waals surface area (Å²) < 4.78 is 11.5. The monoisotopic (exact) mass is 515 g/mol. The van der Waals surface area contributed by atoms with Gasteiger partial charge in [-0.3, -0.25) is 14.4 Å². The highest BCUT2D eigenvalue weighted by molar-refractivity contribution is 5.88. The van der Waals surface area contributed by atoms with E-state index in [0.717, 1.165) is 38.5 Å². The van der Waals surface area contributed by atoms with Crippen LogP contribution in [0.2, 0.25) is 0 Å². The fraction of sp³-hybridized carbons (Fsp3) is 0.867. The zero-order chi connectivity index (χ0) is 26.8. The maximum absolute atomic E-state index is 13.5. The third kappa shape index (κ3) is 4.73. The molecule has 0 bridgehead atoms. The molecular formula is C30H45NO6. The minimum Gasteiger partial charge on any atom is -0.462 e. The molecule has 206 valence electrons. The Labute approximate surface area is 221 Å². The molecule has 0 aromatic carbocycles. The standard InChI is InChI=1S/C30H45NO6/c1-28(2,3)37-27(35)31-14-6-7-18(17-31)26(34)36-19-10-12-29(4)22-11-13-30(5)21(8-9-25(30)33)20(22)16-24(32)23(29)15-19/h18-23H,6-17H2,1-5H3/t18?,19?,20-,21-,22+,23?,29+,30-/m0/s1. The van der Waals surface area contributed by atoms with E-state index in [1.807, 2.05) is 20.8 Å². The molecule has 0 aromatic rings. The van der Waals surface area contributed by atoms with E-state index in [4.69, 9.17) is 9.47 Å². The van der Waals surface area contributed by atoms with Gasteiger partial charge in [0.2, 0.25) is 0 Å². The summed E-state index contributed by atoms with van der Waals surface area (Å²) in [6, 6.07) is 0. The van der Waals surface area contributed by atoms with Crippen molar-refractivity contribution in [3.8, 4) is 0 Å². The SMILES string of the molecule is CC(C)(C)OC(=O)N1CCCC(C(=O)OC2CC[C@@]3(C)C(C2)C(=O)C[C@@H]2[C@H]3CC[C@]3(C)C(=O)CC[C@@H]23)C1. The van der Waals surface area contributed by atoms with Crippen LogP contribution in [0.5, 0.6) is 0 Å². The van der Waals surface area contributed by atoms with E-state index < -0.39 is 5.60 Å². The van der Waals surface area contributed by atoms with Gasteiger partial charge >= 0.3 is 12.1 Å². The van der Waals surface area contributed by atoms with E-state index in [1.54, 1.807) is 4.90 Å². The first-order chi connectivity index (χ1) is 17.3. The van der Waals surface area contributed by atoms with Crippen LogP contribution in [0.1, 0.15) is 98.8 Å². The van der Waals surface area contributed by atoms with Crippen LogP contribution in [0.25, 0.3) is 0 Å². The number of carbonyl (C=O) groups excluding carboxylic acids is 4. The van der Waals surface area contributed by atoms with Crippen molar-refractivity contribution in [2.75, 3.05) is 13.1 Å². The summed E-state index contributed by atoms with van der Waals surface area (Å²) in [5.74, 6) is 1.16. The summed E-state index contributed by atoms with van der Waals surface area (Å²) in [4.78, 5) is 53.5. The molecule has 1 saturated heterocycles. The molecule has 4 saturated carbocycles. The Kier molecular flexibility index (Phi) is 6.76. The van der Waals surface area contributed by atoms with Crippen LogP contribution in [0, 0.1) is 40.4 Å². The van der Waals surface area contributed by atoms with Crippen LogP contribution in [-0.4, -0.2) is 53.3 Å². The van der Waals surface area contributed by atoms with Crippen molar-refractivity contribution in [3.63, 3.8) is 0 Å². The van der Waals surface area contributed by atoms with Crippen molar-refractivity contribution in [2.24, 2.45) is 40.4 Å². The number of nitrogens with zero attached hydrogens (tertiary/aromatic N) is 1. The Morgan fingerprint density at radius 3 is 2.49 bits per heavy atom. The number of rotatable bonds is 2. The highest BCUT2D eigenvalue weighted by Crippen LogP contribution is 2.64. The molecular weight excluding hydrogens is 470 g/mol. The van der Waals surface area contributed by atoms with Crippen LogP contribution in [0.3, 0.4) is 0 Å². The molecule has 1 heterocycles. The smallest absolute Gasteiger partial charge is 0.410 e. The lowest BCUT2D eigenvalue weighted by Gasteiger charge is -2.59. The number of piperidine rings is 1. The summed E-state index contributed by atoms with van der Waals surface area (Å²) in [5.41, 5.74) is -0.881. The molecule has 8 atom stereocenters. The van der Waals surface area contributed by atoms with Gasteiger partial charge in [-0.15, -0.1) is 0 Å². The lowest BCUT2D eigenvalue weighted by Crippen LogP contribution is -2.57. The molecule has 5 rings (SSSR count). The van der Waals surface area contributed by atoms with E-state index in [9.17, 15) is 19.2 Å². The first-order valence-corrected chi connectivity index (χ1v) is 14.6. The second-order valence-electron chi connectivity index (χ2n) is 14.1. The van der Waals surface area contributed by atoms with E-state index >= 15 is 0 Å². The van der Waals surface area contributed by atoms with Gasteiger partial charge in [0.1, 0.15) is 23.3 Å². The van der Waals surface area contributed by atoms with Crippen molar-refractivity contribution in [2.45, 2.75) is 111 Å². The largest absolute Gasteiger partial charge is 0.462 e. The number of ketones is 2. The zero-order valence-corrected chi connectivity index (χ0v) is 23.3. The average Bonchev–Trinajstić information content (AvgIpc) is 3.13. The lowest BCUT2D eigenvalue weighted by molar-refractivity contribution is -0.173. The fourth-order valence-corrected chi connectivity index (χ4v) is 8.81. The van der Waals surface area contributed by atoms with Gasteiger partial charge < -0.3 is 14.4 Å².